The number of halogens is 1. The summed E-state index contributed by atoms with van der Waals surface area (Å²) in [5, 5.41) is 9.39. The normalized spacial score (nSPS) is 17.7. The molecular formula is C16H17ClN4O3. The van der Waals surface area contributed by atoms with E-state index >= 15 is 0 Å². The molecule has 1 atom stereocenters. The van der Waals surface area contributed by atoms with Crippen LogP contribution in [0.5, 0.6) is 0 Å². The van der Waals surface area contributed by atoms with Gasteiger partial charge in [0.1, 0.15) is 6.04 Å². The zero-order chi connectivity index (χ0) is 17.1. The van der Waals surface area contributed by atoms with E-state index in [-0.39, 0.29) is 11.8 Å². The van der Waals surface area contributed by atoms with Crippen molar-refractivity contribution in [3.05, 3.63) is 41.0 Å². The molecule has 3 amide bonds. The van der Waals surface area contributed by atoms with E-state index in [4.69, 9.17) is 16.1 Å². The minimum Gasteiger partial charge on any atom is -0.338 e. The van der Waals surface area contributed by atoms with Gasteiger partial charge in [0.25, 0.3) is 0 Å². The van der Waals surface area contributed by atoms with Crippen molar-refractivity contribution >= 4 is 35.1 Å². The molecule has 126 valence electrons. The van der Waals surface area contributed by atoms with E-state index in [1.165, 1.54) is 0 Å². The second kappa shape index (κ2) is 6.92. The van der Waals surface area contributed by atoms with Gasteiger partial charge >= 0.3 is 6.03 Å². The van der Waals surface area contributed by atoms with E-state index in [2.05, 4.69) is 15.8 Å². The third-order valence-corrected chi connectivity index (χ3v) is 4.07. The van der Waals surface area contributed by atoms with Crippen LogP contribution in [0.1, 0.15) is 18.5 Å². The van der Waals surface area contributed by atoms with E-state index in [0.29, 0.717) is 29.4 Å². The summed E-state index contributed by atoms with van der Waals surface area (Å²) in [5.41, 5.74) is 1.31. The number of benzene rings is 1. The molecular weight excluding hydrogens is 332 g/mol. The summed E-state index contributed by atoms with van der Waals surface area (Å²) in [6.45, 7) is 2.32. The Balaban J connectivity index is 1.67. The minimum absolute atomic E-state index is 0.182. The van der Waals surface area contributed by atoms with Gasteiger partial charge in [-0.1, -0.05) is 28.9 Å². The molecule has 1 fully saturated rings. The van der Waals surface area contributed by atoms with Gasteiger partial charge in [-0.15, -0.1) is 0 Å². The first-order chi connectivity index (χ1) is 11.5. The van der Waals surface area contributed by atoms with Crippen molar-refractivity contribution in [3.63, 3.8) is 0 Å². The number of para-hydroxylation sites is 1. The molecule has 2 N–H and O–H groups in total. The fraction of sp³-hybridized carbons (Fsp3) is 0.312. The molecule has 1 saturated heterocycles. The third kappa shape index (κ3) is 3.51. The van der Waals surface area contributed by atoms with Gasteiger partial charge in [0.2, 0.25) is 11.8 Å². The predicted octanol–water partition coefficient (Wildman–Crippen LogP) is 2.95. The van der Waals surface area contributed by atoms with Crippen LogP contribution in [0, 0.1) is 6.92 Å². The zero-order valence-corrected chi connectivity index (χ0v) is 13.8. The van der Waals surface area contributed by atoms with Crippen LogP contribution in [-0.4, -0.2) is 29.7 Å². The van der Waals surface area contributed by atoms with Crippen LogP contribution >= 0.6 is 11.6 Å². The average Bonchev–Trinajstić information content (AvgIpc) is 2.95. The topological polar surface area (TPSA) is 87.5 Å². The summed E-state index contributed by atoms with van der Waals surface area (Å²) in [5.74, 6) is 0.0504. The zero-order valence-electron chi connectivity index (χ0n) is 13.1. The smallest absolute Gasteiger partial charge is 0.322 e. The fourth-order valence-electron chi connectivity index (χ4n) is 2.65. The van der Waals surface area contributed by atoms with Gasteiger partial charge in [-0.3, -0.25) is 10.1 Å². The van der Waals surface area contributed by atoms with Crippen LogP contribution < -0.4 is 15.5 Å². The van der Waals surface area contributed by atoms with Crippen LogP contribution in [0.2, 0.25) is 5.02 Å². The molecule has 1 aromatic carbocycles. The lowest BCUT2D eigenvalue weighted by atomic mass is 10.0. The molecule has 24 heavy (non-hydrogen) atoms. The standard InChI is InChI=1S/C16H17ClN4O3/c1-10-9-14(24-20-10)19-16(23)18-12-6-4-8-21(15(12)22)13-7-3-2-5-11(13)17/h2-3,5,7,9,12H,4,6,8H2,1H3,(H2,18,19,23). The van der Waals surface area contributed by atoms with Crippen molar-refractivity contribution in [2.75, 3.05) is 16.8 Å². The van der Waals surface area contributed by atoms with Gasteiger partial charge in [0.05, 0.1) is 16.4 Å². The van der Waals surface area contributed by atoms with Gasteiger partial charge in [-0.25, -0.2) is 4.79 Å². The molecule has 0 spiro atoms. The Bertz CT molecular complexity index is 761. The predicted molar refractivity (Wildman–Crippen MR) is 90.2 cm³/mol. The maximum atomic E-state index is 12.7. The number of anilines is 2. The molecule has 0 bridgehead atoms. The lowest BCUT2D eigenvalue weighted by molar-refractivity contribution is -0.121. The Labute approximate surface area is 143 Å². The molecule has 2 heterocycles. The first kappa shape index (κ1) is 16.3. The van der Waals surface area contributed by atoms with E-state index in [1.807, 2.05) is 12.1 Å². The molecule has 3 rings (SSSR count). The van der Waals surface area contributed by atoms with Crippen molar-refractivity contribution in [1.82, 2.24) is 10.5 Å². The van der Waals surface area contributed by atoms with Crippen LogP contribution in [0.25, 0.3) is 0 Å². The number of amides is 3. The molecule has 0 radical (unpaired) electrons. The molecule has 1 aliphatic heterocycles. The maximum Gasteiger partial charge on any atom is 0.322 e. The second-order valence-corrected chi connectivity index (χ2v) is 5.97. The van der Waals surface area contributed by atoms with E-state index < -0.39 is 12.1 Å². The SMILES string of the molecule is Cc1cc(NC(=O)NC2CCCN(c3ccccc3Cl)C2=O)on1. The Morgan fingerprint density at radius 1 is 1.42 bits per heavy atom. The number of rotatable bonds is 3. The van der Waals surface area contributed by atoms with Crippen molar-refractivity contribution in [2.45, 2.75) is 25.8 Å². The van der Waals surface area contributed by atoms with Crippen LogP contribution in [-0.2, 0) is 4.79 Å². The summed E-state index contributed by atoms with van der Waals surface area (Å²) in [6.07, 6.45) is 1.34. The molecule has 1 aromatic heterocycles. The van der Waals surface area contributed by atoms with Crippen LogP contribution in [0.15, 0.2) is 34.9 Å². The number of aromatic nitrogens is 1. The third-order valence-electron chi connectivity index (χ3n) is 3.75. The van der Waals surface area contributed by atoms with Crippen LogP contribution in [0.4, 0.5) is 16.4 Å². The highest BCUT2D eigenvalue weighted by Gasteiger charge is 2.31. The first-order valence-corrected chi connectivity index (χ1v) is 7.99. The quantitative estimate of drug-likeness (QED) is 0.892. The summed E-state index contributed by atoms with van der Waals surface area (Å²) < 4.78 is 4.92. The molecule has 0 aliphatic carbocycles. The fourth-order valence-corrected chi connectivity index (χ4v) is 2.89. The number of nitrogens with one attached hydrogen (secondary N) is 2. The highest BCUT2D eigenvalue weighted by Crippen LogP contribution is 2.28. The Kier molecular flexibility index (Phi) is 4.71. The molecule has 7 nitrogen and oxygen atoms in total. The Hall–Kier alpha value is -2.54. The van der Waals surface area contributed by atoms with Gasteiger partial charge in [0, 0.05) is 12.6 Å². The first-order valence-electron chi connectivity index (χ1n) is 7.61. The summed E-state index contributed by atoms with van der Waals surface area (Å²) in [6, 6.07) is 7.63. The van der Waals surface area contributed by atoms with Crippen molar-refractivity contribution < 1.29 is 14.1 Å². The summed E-state index contributed by atoms with van der Waals surface area (Å²) in [4.78, 5) is 26.3. The van der Waals surface area contributed by atoms with Crippen molar-refractivity contribution in [1.29, 1.82) is 0 Å². The highest BCUT2D eigenvalue weighted by molar-refractivity contribution is 6.33. The number of aryl methyl sites for hydroxylation is 1. The summed E-state index contributed by atoms with van der Waals surface area (Å²) in [7, 11) is 0. The van der Waals surface area contributed by atoms with E-state index in [1.54, 1.807) is 30.0 Å². The highest BCUT2D eigenvalue weighted by atomic mass is 35.5. The minimum atomic E-state index is -0.612. The molecule has 1 aliphatic rings. The number of nitrogens with zero attached hydrogens (tertiary/aromatic N) is 2. The van der Waals surface area contributed by atoms with Crippen molar-refractivity contribution in [3.8, 4) is 0 Å². The van der Waals surface area contributed by atoms with Gasteiger partial charge in [0.15, 0.2) is 0 Å². The number of urea groups is 1. The van der Waals surface area contributed by atoms with Crippen molar-refractivity contribution in [2.24, 2.45) is 0 Å². The monoisotopic (exact) mass is 348 g/mol. The Morgan fingerprint density at radius 2 is 2.21 bits per heavy atom. The Morgan fingerprint density at radius 3 is 2.92 bits per heavy atom. The average molecular weight is 349 g/mol. The number of hydrogen-bond donors (Lipinski definition) is 2. The van der Waals surface area contributed by atoms with E-state index in [9.17, 15) is 9.59 Å². The van der Waals surface area contributed by atoms with Crippen LogP contribution in [0.3, 0.4) is 0 Å². The summed E-state index contributed by atoms with van der Waals surface area (Å²) >= 11 is 6.17. The molecule has 1 unspecified atom stereocenters. The number of carbonyl (C=O) groups is 2. The molecule has 0 saturated carbocycles. The molecule has 2 aromatic rings. The lowest BCUT2D eigenvalue weighted by Crippen LogP contribution is -2.53. The van der Waals surface area contributed by atoms with E-state index in [0.717, 1.165) is 6.42 Å². The van der Waals surface area contributed by atoms with Gasteiger partial charge in [-0.2, -0.15) is 0 Å². The molecule has 8 heteroatoms. The largest absolute Gasteiger partial charge is 0.338 e. The number of hydrogen-bond acceptors (Lipinski definition) is 4. The number of carbonyl (C=O) groups excluding carboxylic acids is 2. The maximum absolute atomic E-state index is 12.7. The van der Waals surface area contributed by atoms with Gasteiger partial charge < -0.3 is 14.7 Å². The second-order valence-electron chi connectivity index (χ2n) is 5.57. The van der Waals surface area contributed by atoms with Gasteiger partial charge in [-0.05, 0) is 31.9 Å². The number of piperidine rings is 1. The lowest BCUT2D eigenvalue weighted by Gasteiger charge is -2.33.